The molecule has 9 heteroatoms. The van der Waals surface area contributed by atoms with Gasteiger partial charge in [-0.05, 0) is 61.9 Å². The van der Waals surface area contributed by atoms with Gasteiger partial charge in [0.25, 0.3) is 5.91 Å². The molecule has 0 bridgehead atoms. The summed E-state index contributed by atoms with van der Waals surface area (Å²) in [5.41, 5.74) is 1.88. The fourth-order valence-electron chi connectivity index (χ4n) is 3.81. The van der Waals surface area contributed by atoms with Crippen LogP contribution in [0, 0.1) is 0 Å². The summed E-state index contributed by atoms with van der Waals surface area (Å²) in [7, 11) is 0. The van der Waals surface area contributed by atoms with Gasteiger partial charge in [0.1, 0.15) is 5.75 Å². The maximum absolute atomic E-state index is 12.6. The Labute approximate surface area is 203 Å². The zero-order chi connectivity index (χ0) is 23.8. The average Bonchev–Trinajstić information content (AvgIpc) is 3.28. The number of hydrogen-bond donors (Lipinski definition) is 2. The van der Waals surface area contributed by atoms with Crippen molar-refractivity contribution in [1.29, 1.82) is 0 Å². The minimum atomic E-state index is -0.212. The monoisotopic (exact) mass is 479 g/mol. The van der Waals surface area contributed by atoms with Gasteiger partial charge in [-0.3, -0.25) is 14.5 Å². The van der Waals surface area contributed by atoms with Crippen molar-refractivity contribution in [3.8, 4) is 5.75 Å². The van der Waals surface area contributed by atoms with Crippen LogP contribution in [-0.2, 0) is 4.79 Å². The largest absolute Gasteiger partial charge is 0.494 e. The third kappa shape index (κ3) is 6.55. The number of amides is 2. The van der Waals surface area contributed by atoms with Crippen molar-refractivity contribution in [2.75, 3.05) is 54.9 Å². The van der Waals surface area contributed by atoms with E-state index in [4.69, 9.17) is 4.74 Å². The Morgan fingerprint density at radius 1 is 0.971 bits per heavy atom. The Kier molecular flexibility index (Phi) is 8.11. The van der Waals surface area contributed by atoms with Crippen molar-refractivity contribution in [1.82, 2.24) is 9.88 Å². The molecule has 0 unspecified atom stereocenters. The highest BCUT2D eigenvalue weighted by Gasteiger charge is 2.18. The summed E-state index contributed by atoms with van der Waals surface area (Å²) in [5.74, 6) is 0.489. The molecule has 2 aromatic carbocycles. The summed E-state index contributed by atoms with van der Waals surface area (Å²) in [6.07, 6.45) is 2.82. The van der Waals surface area contributed by atoms with Gasteiger partial charge < -0.3 is 20.3 Å². The summed E-state index contributed by atoms with van der Waals surface area (Å²) in [4.78, 5) is 33.9. The molecular weight excluding hydrogens is 450 g/mol. The first-order chi connectivity index (χ1) is 16.6. The molecule has 2 heterocycles. The van der Waals surface area contributed by atoms with Crippen LogP contribution in [0.4, 0.5) is 16.5 Å². The zero-order valence-corrected chi connectivity index (χ0v) is 20.0. The molecule has 2 N–H and O–H groups in total. The number of aromatic nitrogens is 1. The van der Waals surface area contributed by atoms with Crippen molar-refractivity contribution in [2.45, 2.75) is 13.3 Å². The Hall–Kier alpha value is -3.43. The molecule has 3 aromatic rings. The molecule has 1 fully saturated rings. The second kappa shape index (κ2) is 11.6. The average molecular weight is 480 g/mol. The van der Waals surface area contributed by atoms with E-state index in [1.807, 2.05) is 30.6 Å². The molecule has 1 aromatic heterocycles. The molecule has 4 rings (SSSR count). The normalized spacial score (nSPS) is 14.3. The third-order valence-electron chi connectivity index (χ3n) is 5.50. The van der Waals surface area contributed by atoms with Gasteiger partial charge in [-0.25, -0.2) is 4.98 Å². The van der Waals surface area contributed by atoms with Crippen LogP contribution < -0.4 is 20.3 Å². The minimum Gasteiger partial charge on any atom is -0.494 e. The Morgan fingerprint density at radius 2 is 1.71 bits per heavy atom. The molecule has 0 atom stereocenters. The van der Waals surface area contributed by atoms with Crippen molar-refractivity contribution in [3.05, 3.63) is 65.7 Å². The van der Waals surface area contributed by atoms with Gasteiger partial charge in [0, 0.05) is 54.7 Å². The highest BCUT2D eigenvalue weighted by atomic mass is 32.1. The van der Waals surface area contributed by atoms with Crippen LogP contribution in [0.1, 0.15) is 23.7 Å². The van der Waals surface area contributed by atoms with Gasteiger partial charge in [-0.2, -0.15) is 0 Å². The van der Waals surface area contributed by atoms with Crippen LogP contribution in [0.5, 0.6) is 5.75 Å². The van der Waals surface area contributed by atoms with Gasteiger partial charge in [-0.1, -0.05) is 0 Å². The van der Waals surface area contributed by atoms with Gasteiger partial charge in [0.15, 0.2) is 5.13 Å². The topological polar surface area (TPSA) is 86.8 Å². The van der Waals surface area contributed by atoms with E-state index >= 15 is 0 Å². The lowest BCUT2D eigenvalue weighted by atomic mass is 10.2. The maximum Gasteiger partial charge on any atom is 0.255 e. The van der Waals surface area contributed by atoms with E-state index in [2.05, 4.69) is 25.4 Å². The van der Waals surface area contributed by atoms with Crippen LogP contribution in [0.2, 0.25) is 0 Å². The molecule has 2 amide bonds. The summed E-state index contributed by atoms with van der Waals surface area (Å²) in [5, 5.41) is 8.82. The standard InChI is InChI=1S/C25H29N5O3S/c1-2-33-22-10-8-21(9-11-22)28-24(32)19-4-6-20(7-5-19)27-23(31)18-29-13-3-14-30(16-15-29)25-26-12-17-34-25/h4-12,17H,2-3,13-16,18H2,1H3,(H,27,31)(H,28,32). The van der Waals surface area contributed by atoms with Crippen LogP contribution in [0.3, 0.4) is 0 Å². The van der Waals surface area contributed by atoms with Gasteiger partial charge in [0.2, 0.25) is 5.91 Å². The number of anilines is 3. The molecule has 34 heavy (non-hydrogen) atoms. The second-order valence-electron chi connectivity index (χ2n) is 7.97. The first-order valence-electron chi connectivity index (χ1n) is 11.4. The van der Waals surface area contributed by atoms with Crippen molar-refractivity contribution < 1.29 is 14.3 Å². The molecule has 1 saturated heterocycles. The van der Waals surface area contributed by atoms with Crippen LogP contribution in [0.25, 0.3) is 0 Å². The van der Waals surface area contributed by atoms with Crippen molar-refractivity contribution in [3.63, 3.8) is 0 Å². The molecule has 178 valence electrons. The smallest absolute Gasteiger partial charge is 0.255 e. The van der Waals surface area contributed by atoms with E-state index in [1.165, 1.54) is 0 Å². The molecule has 0 spiro atoms. The van der Waals surface area contributed by atoms with E-state index in [9.17, 15) is 9.59 Å². The molecule has 0 aliphatic carbocycles. The fourth-order valence-corrected chi connectivity index (χ4v) is 4.50. The third-order valence-corrected chi connectivity index (χ3v) is 6.33. The first kappa shape index (κ1) is 23.7. The number of nitrogens with zero attached hydrogens (tertiary/aromatic N) is 3. The van der Waals surface area contributed by atoms with Gasteiger partial charge in [0.05, 0.1) is 13.2 Å². The number of carbonyl (C=O) groups excluding carboxylic acids is 2. The van der Waals surface area contributed by atoms with Gasteiger partial charge in [-0.15, -0.1) is 11.3 Å². The lowest BCUT2D eigenvalue weighted by molar-refractivity contribution is -0.117. The Balaban J connectivity index is 1.25. The Bertz CT molecular complexity index is 1070. The second-order valence-corrected chi connectivity index (χ2v) is 8.84. The number of rotatable bonds is 8. The SMILES string of the molecule is CCOc1ccc(NC(=O)c2ccc(NC(=O)CN3CCCN(c4nccs4)CC3)cc2)cc1. The predicted octanol–water partition coefficient (Wildman–Crippen LogP) is 3.94. The lowest BCUT2D eigenvalue weighted by Gasteiger charge is -2.21. The number of carbonyl (C=O) groups is 2. The molecular formula is C25H29N5O3S. The summed E-state index contributed by atoms with van der Waals surface area (Å²) in [6, 6.07) is 14.1. The van der Waals surface area contributed by atoms with E-state index in [-0.39, 0.29) is 11.8 Å². The fraction of sp³-hybridized carbons (Fsp3) is 0.320. The first-order valence-corrected chi connectivity index (χ1v) is 12.3. The van der Waals surface area contributed by atoms with Gasteiger partial charge >= 0.3 is 0 Å². The number of nitrogens with one attached hydrogen (secondary N) is 2. The predicted molar refractivity (Wildman–Crippen MR) is 136 cm³/mol. The summed E-state index contributed by atoms with van der Waals surface area (Å²) >= 11 is 1.64. The van der Waals surface area contributed by atoms with Crippen molar-refractivity contribution >= 4 is 39.7 Å². The number of benzene rings is 2. The van der Waals surface area contributed by atoms with E-state index in [0.717, 1.165) is 43.5 Å². The highest BCUT2D eigenvalue weighted by molar-refractivity contribution is 7.13. The number of hydrogen-bond acceptors (Lipinski definition) is 7. The number of thiazole rings is 1. The summed E-state index contributed by atoms with van der Waals surface area (Å²) in [6.45, 7) is 6.36. The van der Waals surface area contributed by atoms with Crippen LogP contribution in [0.15, 0.2) is 60.1 Å². The highest BCUT2D eigenvalue weighted by Crippen LogP contribution is 2.19. The van der Waals surface area contributed by atoms with E-state index in [1.54, 1.807) is 47.7 Å². The molecule has 0 saturated carbocycles. The van der Waals surface area contributed by atoms with Crippen LogP contribution >= 0.6 is 11.3 Å². The van der Waals surface area contributed by atoms with E-state index in [0.29, 0.717) is 30.1 Å². The molecule has 1 aliphatic heterocycles. The molecule has 0 radical (unpaired) electrons. The quantitative estimate of drug-likeness (QED) is 0.509. The maximum atomic E-state index is 12.6. The lowest BCUT2D eigenvalue weighted by Crippen LogP contribution is -2.36. The van der Waals surface area contributed by atoms with Crippen molar-refractivity contribution in [2.24, 2.45) is 0 Å². The zero-order valence-electron chi connectivity index (χ0n) is 19.2. The molecule has 1 aliphatic rings. The Morgan fingerprint density at radius 3 is 2.41 bits per heavy atom. The van der Waals surface area contributed by atoms with Crippen LogP contribution in [-0.4, -0.2) is 61.0 Å². The summed E-state index contributed by atoms with van der Waals surface area (Å²) < 4.78 is 5.41. The molecule has 8 nitrogen and oxygen atoms in total. The van der Waals surface area contributed by atoms with E-state index < -0.39 is 0 Å². The minimum absolute atomic E-state index is 0.0608. The number of ether oxygens (including phenoxy) is 1.